The van der Waals surface area contributed by atoms with Gasteiger partial charge in [-0.25, -0.2) is 4.79 Å². The third-order valence-corrected chi connectivity index (χ3v) is 9.13. The molecule has 0 bridgehead atoms. The molecule has 1 saturated heterocycles. The number of nitrogens with one attached hydrogen (secondary N) is 2. The average molecular weight is 546 g/mol. The predicted octanol–water partition coefficient (Wildman–Crippen LogP) is 5.96. The third kappa shape index (κ3) is 6.36. The lowest BCUT2D eigenvalue weighted by Gasteiger charge is -2.45. The van der Waals surface area contributed by atoms with Gasteiger partial charge in [0, 0.05) is 29.8 Å². The number of rotatable bonds is 10. The van der Waals surface area contributed by atoms with Crippen LogP contribution in [0.5, 0.6) is 11.5 Å². The van der Waals surface area contributed by atoms with E-state index in [1.807, 2.05) is 12.1 Å². The molecular weight excluding hydrogens is 506 g/mol. The van der Waals surface area contributed by atoms with Crippen molar-refractivity contribution in [2.45, 2.75) is 56.1 Å². The Morgan fingerprint density at radius 3 is 2.38 bits per heavy atom. The van der Waals surface area contributed by atoms with Crippen LogP contribution in [0.4, 0.5) is 4.79 Å². The predicted molar refractivity (Wildman–Crippen MR) is 158 cm³/mol. The molecule has 0 radical (unpaired) electrons. The van der Waals surface area contributed by atoms with E-state index < -0.39 is 0 Å². The number of ether oxygens (including phenoxy) is 2. The van der Waals surface area contributed by atoms with Crippen molar-refractivity contribution in [3.8, 4) is 11.5 Å². The van der Waals surface area contributed by atoms with Crippen LogP contribution in [-0.4, -0.2) is 49.5 Å². The third-order valence-electron chi connectivity index (χ3n) is 8.39. The first-order valence-corrected chi connectivity index (χ1v) is 14.8. The number of carbonyl (C=O) groups excluding carboxylic acids is 1. The number of hydrogen-bond donors (Lipinski definition) is 2. The minimum atomic E-state index is -0.0933. The Morgan fingerprint density at radius 2 is 1.67 bits per heavy atom. The minimum absolute atomic E-state index is 0.0213. The Kier molecular flexibility index (Phi) is 8.99. The maximum Gasteiger partial charge on any atom is 0.324 e. The van der Waals surface area contributed by atoms with Gasteiger partial charge in [-0.05, 0) is 79.4 Å². The van der Waals surface area contributed by atoms with Crippen LogP contribution in [0, 0.1) is 0 Å². The Bertz CT molecular complexity index is 1230. The molecule has 1 aliphatic carbocycles. The van der Waals surface area contributed by atoms with Crippen LogP contribution in [0.15, 0.2) is 78.9 Å². The van der Waals surface area contributed by atoms with Crippen molar-refractivity contribution in [3.05, 3.63) is 95.6 Å². The summed E-state index contributed by atoms with van der Waals surface area (Å²) in [4.78, 5) is 15.4. The van der Waals surface area contributed by atoms with Crippen molar-refractivity contribution in [2.24, 2.45) is 0 Å². The summed E-state index contributed by atoms with van der Waals surface area (Å²) in [6, 6.07) is 27.8. The molecule has 6 nitrogen and oxygen atoms in total. The van der Waals surface area contributed by atoms with Gasteiger partial charge in [-0.2, -0.15) is 0 Å². The van der Waals surface area contributed by atoms with Gasteiger partial charge in [0.2, 0.25) is 0 Å². The van der Waals surface area contributed by atoms with E-state index in [2.05, 4.69) is 81.7 Å². The summed E-state index contributed by atoms with van der Waals surface area (Å²) in [5, 5.41) is 3.28. The maximum atomic E-state index is 12.8. The zero-order chi connectivity index (χ0) is 27.1. The Morgan fingerprint density at radius 1 is 0.949 bits per heavy atom. The molecule has 2 aliphatic rings. The number of nitrogens with zero attached hydrogens (tertiary/aromatic N) is 1. The van der Waals surface area contributed by atoms with Crippen LogP contribution >= 0.6 is 11.9 Å². The van der Waals surface area contributed by atoms with Crippen LogP contribution in [0.3, 0.4) is 0 Å². The van der Waals surface area contributed by atoms with Gasteiger partial charge in [-0.3, -0.25) is 9.62 Å². The first-order chi connectivity index (χ1) is 19.1. The number of likely N-dealkylation sites (tertiary alicyclic amines) is 1. The molecule has 1 heterocycles. The summed E-state index contributed by atoms with van der Waals surface area (Å²) in [6.07, 6.45) is 4.91. The fourth-order valence-electron chi connectivity index (χ4n) is 6.41. The van der Waals surface area contributed by atoms with E-state index in [4.69, 9.17) is 9.47 Å². The molecule has 3 atom stereocenters. The minimum Gasteiger partial charge on any atom is -0.493 e. The number of urea groups is 1. The second kappa shape index (κ2) is 12.8. The lowest BCUT2D eigenvalue weighted by molar-refractivity contribution is 0.130. The second-order valence-electron chi connectivity index (χ2n) is 10.6. The number of hydrogen-bond acceptors (Lipinski definition) is 5. The maximum absolute atomic E-state index is 12.8. The van der Waals surface area contributed by atoms with Crippen molar-refractivity contribution < 1.29 is 14.3 Å². The fourth-order valence-corrected chi connectivity index (χ4v) is 7.04. The van der Waals surface area contributed by atoms with Crippen molar-refractivity contribution in [3.63, 3.8) is 0 Å². The van der Waals surface area contributed by atoms with Gasteiger partial charge in [-0.15, -0.1) is 0 Å². The van der Waals surface area contributed by atoms with Crippen LogP contribution in [0.25, 0.3) is 0 Å². The zero-order valence-electron chi connectivity index (χ0n) is 22.9. The monoisotopic (exact) mass is 545 g/mol. The van der Waals surface area contributed by atoms with Crippen molar-refractivity contribution in [1.82, 2.24) is 14.9 Å². The highest BCUT2D eigenvalue weighted by Gasteiger charge is 2.51. The summed E-state index contributed by atoms with van der Waals surface area (Å²) in [7, 11) is 3.38. The summed E-state index contributed by atoms with van der Waals surface area (Å²) in [6.45, 7) is 1.94. The lowest BCUT2D eigenvalue weighted by atomic mass is 9.65. The smallest absolute Gasteiger partial charge is 0.324 e. The van der Waals surface area contributed by atoms with E-state index in [9.17, 15) is 4.79 Å². The standard InChI is InChI=1S/C32H39N3O3S/c1-37-28-14-13-26(21-29(28)38-2)32-17-15-27(33-31(36)34-39-20-16-24-9-5-3-6-10-24)22-30(32)35(19-18-32)23-25-11-7-4-8-12-25/h3-14,21,27,30H,15-20,22-23H2,1-2H3,(H2,33,34,36). The highest BCUT2D eigenvalue weighted by molar-refractivity contribution is 7.97. The summed E-state index contributed by atoms with van der Waals surface area (Å²) in [5.74, 6) is 2.37. The Labute approximate surface area is 236 Å². The first kappa shape index (κ1) is 27.4. The summed E-state index contributed by atoms with van der Waals surface area (Å²) < 4.78 is 14.2. The summed E-state index contributed by atoms with van der Waals surface area (Å²) >= 11 is 1.47. The van der Waals surface area contributed by atoms with Crippen molar-refractivity contribution in [2.75, 3.05) is 26.5 Å². The first-order valence-electron chi connectivity index (χ1n) is 13.8. The molecule has 0 aromatic heterocycles. The number of carbonyl (C=O) groups is 1. The number of amides is 2. The highest BCUT2D eigenvalue weighted by atomic mass is 32.2. The van der Waals surface area contributed by atoms with E-state index in [0.29, 0.717) is 6.04 Å². The lowest BCUT2D eigenvalue weighted by Crippen LogP contribution is -2.53. The molecular formula is C32H39N3O3S. The molecule has 39 heavy (non-hydrogen) atoms. The molecule has 7 heteroatoms. The van der Waals surface area contributed by atoms with Gasteiger partial charge in [-0.1, -0.05) is 66.7 Å². The van der Waals surface area contributed by atoms with Gasteiger partial charge in [0.25, 0.3) is 0 Å². The number of benzene rings is 3. The molecule has 1 saturated carbocycles. The van der Waals surface area contributed by atoms with Gasteiger partial charge < -0.3 is 14.8 Å². The quantitative estimate of drug-likeness (QED) is 0.243. The molecule has 1 aliphatic heterocycles. The molecule has 3 aromatic carbocycles. The fraction of sp³-hybridized carbons (Fsp3) is 0.406. The van der Waals surface area contributed by atoms with Crippen molar-refractivity contribution in [1.29, 1.82) is 0 Å². The number of methoxy groups -OCH3 is 2. The van der Waals surface area contributed by atoms with E-state index in [0.717, 1.165) is 62.4 Å². The summed E-state index contributed by atoms with van der Waals surface area (Å²) in [5.41, 5.74) is 3.93. The molecule has 2 fully saturated rings. The van der Waals surface area contributed by atoms with Gasteiger partial charge in [0.15, 0.2) is 11.5 Å². The van der Waals surface area contributed by atoms with E-state index >= 15 is 0 Å². The van der Waals surface area contributed by atoms with Crippen molar-refractivity contribution >= 4 is 18.0 Å². The number of fused-ring (bicyclic) bond motifs is 1. The zero-order valence-corrected chi connectivity index (χ0v) is 23.7. The van der Waals surface area contributed by atoms with Crippen LogP contribution in [0.1, 0.15) is 42.4 Å². The largest absolute Gasteiger partial charge is 0.493 e. The Balaban J connectivity index is 1.27. The molecule has 5 rings (SSSR count). The molecule has 3 unspecified atom stereocenters. The van der Waals surface area contributed by atoms with E-state index in [1.54, 1.807) is 14.2 Å². The van der Waals surface area contributed by atoms with Gasteiger partial charge >= 0.3 is 6.03 Å². The SMILES string of the molecule is COc1ccc(C23CCC(NC(=O)NSCCc4ccccc4)CC2N(Cc2ccccc2)CC3)cc1OC. The molecule has 3 aromatic rings. The second-order valence-corrected chi connectivity index (χ2v) is 11.5. The van der Waals surface area contributed by atoms with E-state index in [1.165, 1.54) is 28.6 Å². The van der Waals surface area contributed by atoms with Gasteiger partial charge in [0.1, 0.15) is 0 Å². The topological polar surface area (TPSA) is 62.8 Å². The van der Waals surface area contributed by atoms with Gasteiger partial charge in [0.05, 0.1) is 14.2 Å². The molecule has 2 amide bonds. The molecule has 206 valence electrons. The molecule has 0 spiro atoms. The van der Waals surface area contributed by atoms with Crippen LogP contribution < -0.4 is 19.5 Å². The number of aryl methyl sites for hydroxylation is 1. The average Bonchev–Trinajstić information content (AvgIpc) is 3.34. The normalized spacial score (nSPS) is 22.6. The highest BCUT2D eigenvalue weighted by Crippen LogP contribution is 2.50. The van der Waals surface area contributed by atoms with Crippen LogP contribution in [-0.2, 0) is 18.4 Å². The Hall–Kier alpha value is -3.16. The van der Waals surface area contributed by atoms with Crippen LogP contribution in [0.2, 0.25) is 0 Å². The van der Waals surface area contributed by atoms with E-state index in [-0.39, 0.29) is 17.5 Å². The molecule has 2 N–H and O–H groups in total.